The Balaban J connectivity index is 1.82. The van der Waals surface area contributed by atoms with Crippen LogP contribution in [0.15, 0.2) is 36.9 Å². The molecule has 0 radical (unpaired) electrons. The number of nitrogens with one attached hydrogen (secondary N) is 1. The molecule has 0 spiro atoms. The molecule has 2 aromatic rings. The van der Waals surface area contributed by atoms with Gasteiger partial charge in [-0.1, -0.05) is 12.1 Å². The first kappa shape index (κ1) is 11.7. The number of hydrogen-bond acceptors (Lipinski definition) is 3. The van der Waals surface area contributed by atoms with Crippen molar-refractivity contribution in [1.29, 1.82) is 0 Å². The van der Waals surface area contributed by atoms with Crippen molar-refractivity contribution in [2.45, 2.75) is 26.1 Å². The molecular weight excluding hydrogens is 219 g/mol. The molecule has 1 N–H and O–H groups in total. The Morgan fingerprint density at radius 2 is 2.35 bits per heavy atom. The van der Waals surface area contributed by atoms with Gasteiger partial charge in [0.15, 0.2) is 0 Å². The van der Waals surface area contributed by atoms with E-state index in [9.17, 15) is 4.39 Å². The monoisotopic (exact) mass is 234 g/mol. The third kappa shape index (κ3) is 3.64. The zero-order valence-electron chi connectivity index (χ0n) is 9.68. The fraction of sp³-hybridized carbons (Fsp3) is 0.333. The van der Waals surface area contributed by atoms with Crippen LogP contribution in [0.1, 0.15) is 12.5 Å². The SMILES string of the molecule is CC(Cn1cncn1)NCc1cccc(F)c1. The predicted octanol–water partition coefficient (Wildman–Crippen LogP) is 1.60. The molecule has 0 aliphatic carbocycles. The molecule has 0 bridgehead atoms. The third-order valence-electron chi connectivity index (χ3n) is 2.47. The minimum Gasteiger partial charge on any atom is -0.308 e. The van der Waals surface area contributed by atoms with Crippen LogP contribution >= 0.6 is 0 Å². The van der Waals surface area contributed by atoms with Gasteiger partial charge in [-0.3, -0.25) is 4.68 Å². The Labute approximate surface area is 99.5 Å². The predicted molar refractivity (Wildman–Crippen MR) is 62.7 cm³/mol. The van der Waals surface area contributed by atoms with Gasteiger partial charge in [0.1, 0.15) is 18.5 Å². The number of benzene rings is 1. The van der Waals surface area contributed by atoms with Gasteiger partial charge >= 0.3 is 0 Å². The molecule has 0 aliphatic rings. The summed E-state index contributed by atoms with van der Waals surface area (Å²) in [4.78, 5) is 3.88. The van der Waals surface area contributed by atoms with Crippen molar-refractivity contribution in [3.8, 4) is 0 Å². The molecule has 17 heavy (non-hydrogen) atoms. The fourth-order valence-corrected chi connectivity index (χ4v) is 1.61. The maximum Gasteiger partial charge on any atom is 0.137 e. The van der Waals surface area contributed by atoms with Gasteiger partial charge in [0.05, 0.1) is 6.54 Å². The molecule has 0 saturated carbocycles. The van der Waals surface area contributed by atoms with Crippen molar-refractivity contribution in [3.63, 3.8) is 0 Å². The Hall–Kier alpha value is -1.75. The first-order valence-electron chi connectivity index (χ1n) is 5.54. The van der Waals surface area contributed by atoms with E-state index in [1.807, 2.05) is 6.07 Å². The highest BCUT2D eigenvalue weighted by atomic mass is 19.1. The lowest BCUT2D eigenvalue weighted by atomic mass is 10.2. The highest BCUT2D eigenvalue weighted by Gasteiger charge is 2.03. The molecule has 1 aromatic carbocycles. The minimum atomic E-state index is -0.201. The number of rotatable bonds is 5. The largest absolute Gasteiger partial charge is 0.308 e. The fourth-order valence-electron chi connectivity index (χ4n) is 1.61. The van der Waals surface area contributed by atoms with E-state index >= 15 is 0 Å². The second-order valence-corrected chi connectivity index (χ2v) is 4.03. The van der Waals surface area contributed by atoms with Crippen LogP contribution in [0.2, 0.25) is 0 Å². The summed E-state index contributed by atoms with van der Waals surface area (Å²) in [6.07, 6.45) is 3.19. The van der Waals surface area contributed by atoms with Crippen molar-refractivity contribution in [1.82, 2.24) is 20.1 Å². The topological polar surface area (TPSA) is 42.7 Å². The molecule has 1 heterocycles. The van der Waals surface area contributed by atoms with E-state index < -0.39 is 0 Å². The molecule has 5 heteroatoms. The standard InChI is InChI=1S/C12H15FN4/c1-10(7-17-9-14-8-16-17)15-6-11-3-2-4-12(13)5-11/h2-5,8-10,15H,6-7H2,1H3. The zero-order chi connectivity index (χ0) is 12.1. The average molecular weight is 234 g/mol. The summed E-state index contributed by atoms with van der Waals surface area (Å²) in [5.74, 6) is -0.201. The van der Waals surface area contributed by atoms with Crippen LogP contribution in [0, 0.1) is 5.82 Å². The van der Waals surface area contributed by atoms with Gasteiger partial charge in [0.2, 0.25) is 0 Å². The van der Waals surface area contributed by atoms with E-state index in [2.05, 4.69) is 22.3 Å². The highest BCUT2D eigenvalue weighted by molar-refractivity contribution is 5.15. The molecule has 4 nitrogen and oxygen atoms in total. The van der Waals surface area contributed by atoms with Crippen molar-refractivity contribution < 1.29 is 4.39 Å². The first-order valence-corrected chi connectivity index (χ1v) is 5.54. The van der Waals surface area contributed by atoms with E-state index in [-0.39, 0.29) is 11.9 Å². The molecular formula is C12H15FN4. The van der Waals surface area contributed by atoms with Crippen LogP contribution in [-0.2, 0) is 13.1 Å². The molecule has 2 rings (SSSR count). The van der Waals surface area contributed by atoms with Crippen LogP contribution in [0.4, 0.5) is 4.39 Å². The molecule has 0 saturated heterocycles. The zero-order valence-corrected chi connectivity index (χ0v) is 9.68. The number of nitrogens with zero attached hydrogens (tertiary/aromatic N) is 3. The van der Waals surface area contributed by atoms with Crippen molar-refractivity contribution in [2.24, 2.45) is 0 Å². The van der Waals surface area contributed by atoms with Gasteiger partial charge in [-0.2, -0.15) is 5.10 Å². The summed E-state index contributed by atoms with van der Waals surface area (Å²) >= 11 is 0. The highest BCUT2D eigenvalue weighted by Crippen LogP contribution is 2.03. The molecule has 1 unspecified atom stereocenters. The molecule has 0 fully saturated rings. The number of hydrogen-bond donors (Lipinski definition) is 1. The minimum absolute atomic E-state index is 0.201. The number of aromatic nitrogens is 3. The number of halogens is 1. The van der Waals surface area contributed by atoms with Crippen molar-refractivity contribution in [3.05, 3.63) is 48.3 Å². The average Bonchev–Trinajstić information content (AvgIpc) is 2.79. The van der Waals surface area contributed by atoms with E-state index in [1.165, 1.54) is 18.5 Å². The van der Waals surface area contributed by atoms with Gasteiger partial charge in [0, 0.05) is 12.6 Å². The Bertz CT molecular complexity index is 455. The van der Waals surface area contributed by atoms with Gasteiger partial charge in [-0.05, 0) is 24.6 Å². The van der Waals surface area contributed by atoms with Gasteiger partial charge in [-0.25, -0.2) is 9.37 Å². The summed E-state index contributed by atoms with van der Waals surface area (Å²) in [5.41, 5.74) is 0.940. The second-order valence-electron chi connectivity index (χ2n) is 4.03. The molecule has 1 aromatic heterocycles. The smallest absolute Gasteiger partial charge is 0.137 e. The maximum absolute atomic E-state index is 12.9. The van der Waals surface area contributed by atoms with E-state index in [4.69, 9.17) is 0 Å². The van der Waals surface area contributed by atoms with E-state index in [0.717, 1.165) is 12.1 Å². The van der Waals surface area contributed by atoms with Gasteiger partial charge in [-0.15, -0.1) is 0 Å². The Morgan fingerprint density at radius 1 is 1.47 bits per heavy atom. The van der Waals surface area contributed by atoms with Crippen LogP contribution < -0.4 is 5.32 Å². The van der Waals surface area contributed by atoms with E-state index in [0.29, 0.717) is 6.54 Å². The summed E-state index contributed by atoms with van der Waals surface area (Å²) in [7, 11) is 0. The van der Waals surface area contributed by atoms with Crippen LogP contribution in [0.5, 0.6) is 0 Å². The molecule has 0 aliphatic heterocycles. The summed E-state index contributed by atoms with van der Waals surface area (Å²) in [6.45, 7) is 3.45. The van der Waals surface area contributed by atoms with E-state index in [1.54, 1.807) is 17.1 Å². The quantitative estimate of drug-likeness (QED) is 0.854. The van der Waals surface area contributed by atoms with Crippen LogP contribution in [0.25, 0.3) is 0 Å². The lowest BCUT2D eigenvalue weighted by Crippen LogP contribution is -2.30. The van der Waals surface area contributed by atoms with Crippen molar-refractivity contribution in [2.75, 3.05) is 0 Å². The Kier molecular flexibility index (Phi) is 3.82. The molecule has 0 amide bonds. The first-order chi connectivity index (χ1) is 8.24. The van der Waals surface area contributed by atoms with Gasteiger partial charge < -0.3 is 5.32 Å². The lowest BCUT2D eigenvalue weighted by molar-refractivity contribution is 0.449. The van der Waals surface area contributed by atoms with Crippen molar-refractivity contribution >= 4 is 0 Å². The normalized spacial score (nSPS) is 12.6. The Morgan fingerprint density at radius 3 is 3.06 bits per heavy atom. The summed E-state index contributed by atoms with van der Waals surface area (Å²) in [5, 5.41) is 7.34. The van der Waals surface area contributed by atoms with Crippen LogP contribution in [-0.4, -0.2) is 20.8 Å². The maximum atomic E-state index is 12.9. The summed E-state index contributed by atoms with van der Waals surface area (Å²) in [6, 6.07) is 6.85. The lowest BCUT2D eigenvalue weighted by Gasteiger charge is -2.13. The van der Waals surface area contributed by atoms with Gasteiger partial charge in [0.25, 0.3) is 0 Å². The third-order valence-corrected chi connectivity index (χ3v) is 2.47. The molecule has 90 valence electrons. The second kappa shape index (κ2) is 5.54. The van der Waals surface area contributed by atoms with Crippen LogP contribution in [0.3, 0.4) is 0 Å². The molecule has 1 atom stereocenters. The summed E-state index contributed by atoms with van der Waals surface area (Å²) < 4.78 is 14.7.